The van der Waals surface area contributed by atoms with Crippen molar-refractivity contribution in [3.05, 3.63) is 34.9 Å². The topological polar surface area (TPSA) is 110 Å². The maximum absolute atomic E-state index is 13.5. The summed E-state index contributed by atoms with van der Waals surface area (Å²) in [5.41, 5.74) is -0.972. The minimum atomic E-state index is -1.11. The molecule has 1 aromatic carbocycles. The molecule has 0 aromatic heterocycles. The zero-order chi connectivity index (χ0) is 25.3. The van der Waals surface area contributed by atoms with Crippen LogP contribution in [0.15, 0.2) is 24.3 Å². The number of benzene rings is 1. The number of likely N-dealkylation sites (tertiary alicyclic amines) is 2. The third-order valence-corrected chi connectivity index (χ3v) is 7.61. The number of hydrogen-bond donors (Lipinski definition) is 3. The van der Waals surface area contributed by atoms with E-state index in [2.05, 4.69) is 5.32 Å². The molecule has 2 saturated heterocycles. The van der Waals surface area contributed by atoms with Gasteiger partial charge in [-0.15, -0.1) is 0 Å². The predicted molar refractivity (Wildman–Crippen MR) is 129 cm³/mol. The SMILES string of the molecule is CC(C)[C@@H](NC(=O)[C@@H]1CCN(C(=O)CO)C1)C(=O)N1CC[C@](O)(c2ccc(Cl)cc2)C(C)(C)C1. The van der Waals surface area contributed by atoms with Crippen LogP contribution >= 0.6 is 11.6 Å². The summed E-state index contributed by atoms with van der Waals surface area (Å²) in [5, 5.41) is 24.1. The fourth-order valence-electron chi connectivity index (χ4n) is 5.05. The Balaban J connectivity index is 1.69. The lowest BCUT2D eigenvalue weighted by molar-refractivity contribution is -0.157. The average Bonchev–Trinajstić information content (AvgIpc) is 3.29. The van der Waals surface area contributed by atoms with Gasteiger partial charge in [-0.2, -0.15) is 0 Å². The molecule has 0 aliphatic carbocycles. The second kappa shape index (κ2) is 10.2. The number of amides is 3. The predicted octanol–water partition coefficient (Wildman–Crippen LogP) is 1.77. The minimum absolute atomic E-state index is 0.131. The second-order valence-electron chi connectivity index (χ2n) is 10.5. The van der Waals surface area contributed by atoms with Crippen LogP contribution in [0, 0.1) is 17.3 Å². The Kier molecular flexibility index (Phi) is 7.95. The Labute approximate surface area is 206 Å². The third kappa shape index (κ3) is 5.24. The molecule has 0 saturated carbocycles. The molecular formula is C25H36ClN3O5. The van der Waals surface area contributed by atoms with Gasteiger partial charge < -0.3 is 25.3 Å². The minimum Gasteiger partial charge on any atom is -0.387 e. The molecule has 2 aliphatic heterocycles. The smallest absolute Gasteiger partial charge is 0.248 e. The van der Waals surface area contributed by atoms with E-state index in [9.17, 15) is 19.5 Å². The third-order valence-electron chi connectivity index (χ3n) is 7.36. The quantitative estimate of drug-likeness (QED) is 0.559. The first kappa shape index (κ1) is 26.4. The van der Waals surface area contributed by atoms with Gasteiger partial charge in [-0.25, -0.2) is 0 Å². The number of piperidine rings is 1. The van der Waals surface area contributed by atoms with Crippen LogP contribution in [0.4, 0.5) is 0 Å². The normalized spacial score (nSPS) is 25.4. The van der Waals surface area contributed by atoms with Gasteiger partial charge in [0.05, 0.1) is 11.5 Å². The molecule has 188 valence electrons. The maximum atomic E-state index is 13.5. The van der Waals surface area contributed by atoms with Crippen LogP contribution in [0.5, 0.6) is 0 Å². The van der Waals surface area contributed by atoms with Gasteiger partial charge >= 0.3 is 0 Å². The molecule has 0 bridgehead atoms. The van der Waals surface area contributed by atoms with Crippen LogP contribution in [-0.2, 0) is 20.0 Å². The van der Waals surface area contributed by atoms with Gasteiger partial charge in [0.25, 0.3) is 0 Å². The lowest BCUT2D eigenvalue weighted by Gasteiger charge is -2.51. The van der Waals surface area contributed by atoms with Crippen molar-refractivity contribution in [2.45, 2.75) is 52.2 Å². The molecule has 8 nitrogen and oxygen atoms in total. The molecule has 9 heteroatoms. The molecule has 2 fully saturated rings. The standard InChI is InChI=1S/C25H36ClN3O5/c1-16(2)21(27-22(32)17-9-11-28(13-17)20(31)14-30)23(33)29-12-10-25(34,24(3,4)15-29)18-5-7-19(26)8-6-18/h5-8,16-17,21,30,34H,9-15H2,1-4H3,(H,27,32)/t17-,21-,25+/m1/s1. The van der Waals surface area contributed by atoms with Gasteiger partial charge in [-0.3, -0.25) is 14.4 Å². The Bertz CT molecular complexity index is 920. The zero-order valence-electron chi connectivity index (χ0n) is 20.4. The first-order valence-corrected chi connectivity index (χ1v) is 12.2. The fraction of sp³-hybridized carbons (Fsp3) is 0.640. The lowest BCUT2D eigenvalue weighted by atomic mass is 9.66. The van der Waals surface area contributed by atoms with E-state index in [0.29, 0.717) is 37.5 Å². The molecule has 0 spiro atoms. The summed E-state index contributed by atoms with van der Waals surface area (Å²) in [4.78, 5) is 41.3. The zero-order valence-corrected chi connectivity index (χ0v) is 21.1. The Morgan fingerprint density at radius 3 is 2.35 bits per heavy atom. The number of rotatable bonds is 6. The largest absolute Gasteiger partial charge is 0.387 e. The van der Waals surface area contributed by atoms with Gasteiger partial charge in [0.2, 0.25) is 17.7 Å². The highest BCUT2D eigenvalue weighted by Gasteiger charge is 2.50. The van der Waals surface area contributed by atoms with E-state index in [1.807, 2.05) is 39.8 Å². The van der Waals surface area contributed by atoms with Crippen molar-refractivity contribution in [3.63, 3.8) is 0 Å². The molecule has 2 heterocycles. The summed E-state index contributed by atoms with van der Waals surface area (Å²) in [6, 6.07) is 6.46. The van der Waals surface area contributed by atoms with E-state index < -0.39 is 35.5 Å². The first-order chi connectivity index (χ1) is 15.9. The summed E-state index contributed by atoms with van der Waals surface area (Å²) >= 11 is 6.02. The van der Waals surface area contributed by atoms with Crippen molar-refractivity contribution in [3.8, 4) is 0 Å². The van der Waals surface area contributed by atoms with Gasteiger partial charge in [0.1, 0.15) is 12.6 Å². The van der Waals surface area contributed by atoms with Gasteiger partial charge in [-0.05, 0) is 36.5 Å². The molecule has 3 amide bonds. The molecule has 3 N–H and O–H groups in total. The van der Waals surface area contributed by atoms with Crippen LogP contribution in [0.1, 0.15) is 46.1 Å². The Morgan fingerprint density at radius 2 is 1.79 bits per heavy atom. The average molecular weight is 494 g/mol. The summed E-state index contributed by atoms with van der Waals surface area (Å²) < 4.78 is 0. The summed E-state index contributed by atoms with van der Waals surface area (Å²) in [7, 11) is 0. The summed E-state index contributed by atoms with van der Waals surface area (Å²) in [6.07, 6.45) is 0.869. The van der Waals surface area contributed by atoms with Crippen molar-refractivity contribution in [2.24, 2.45) is 17.3 Å². The van der Waals surface area contributed by atoms with Gasteiger partial charge in [-0.1, -0.05) is 51.4 Å². The summed E-state index contributed by atoms with van der Waals surface area (Å²) in [5.74, 6) is -1.36. The highest BCUT2D eigenvalue weighted by Crippen LogP contribution is 2.46. The van der Waals surface area contributed by atoms with Crippen LogP contribution < -0.4 is 5.32 Å². The maximum Gasteiger partial charge on any atom is 0.248 e. The monoisotopic (exact) mass is 493 g/mol. The Morgan fingerprint density at radius 1 is 1.15 bits per heavy atom. The number of halogens is 1. The number of nitrogens with zero attached hydrogens (tertiary/aromatic N) is 2. The molecule has 2 aliphatic rings. The molecule has 3 rings (SSSR count). The molecule has 0 unspecified atom stereocenters. The highest BCUT2D eigenvalue weighted by molar-refractivity contribution is 6.30. The molecular weight excluding hydrogens is 458 g/mol. The number of carbonyl (C=O) groups excluding carboxylic acids is 3. The van der Waals surface area contributed by atoms with E-state index in [1.54, 1.807) is 17.0 Å². The van der Waals surface area contributed by atoms with E-state index in [4.69, 9.17) is 16.7 Å². The summed E-state index contributed by atoms with van der Waals surface area (Å²) in [6.45, 7) is 8.45. The molecule has 34 heavy (non-hydrogen) atoms. The Hall–Kier alpha value is -2.16. The highest BCUT2D eigenvalue weighted by atomic mass is 35.5. The van der Waals surface area contributed by atoms with Gasteiger partial charge in [0.15, 0.2) is 0 Å². The van der Waals surface area contributed by atoms with Gasteiger partial charge in [0, 0.05) is 36.6 Å². The van der Waals surface area contributed by atoms with Crippen molar-refractivity contribution < 1.29 is 24.6 Å². The van der Waals surface area contributed by atoms with Crippen LogP contribution in [0.25, 0.3) is 0 Å². The van der Waals surface area contributed by atoms with Crippen LogP contribution in [-0.4, -0.2) is 76.6 Å². The molecule has 0 radical (unpaired) electrons. The fourth-order valence-corrected chi connectivity index (χ4v) is 5.18. The van der Waals surface area contributed by atoms with Crippen molar-refractivity contribution >= 4 is 29.3 Å². The van der Waals surface area contributed by atoms with Crippen LogP contribution in [0.3, 0.4) is 0 Å². The van der Waals surface area contributed by atoms with E-state index in [1.165, 1.54) is 4.90 Å². The number of carbonyl (C=O) groups is 3. The van der Waals surface area contributed by atoms with E-state index >= 15 is 0 Å². The first-order valence-electron chi connectivity index (χ1n) is 11.9. The number of aliphatic hydroxyl groups is 2. The number of hydrogen-bond acceptors (Lipinski definition) is 5. The molecule has 3 atom stereocenters. The molecule has 1 aromatic rings. The van der Waals surface area contributed by atoms with E-state index in [0.717, 1.165) is 5.56 Å². The second-order valence-corrected chi connectivity index (χ2v) is 10.9. The van der Waals surface area contributed by atoms with Crippen LogP contribution in [0.2, 0.25) is 5.02 Å². The lowest BCUT2D eigenvalue weighted by Crippen LogP contribution is -2.60. The number of nitrogens with one attached hydrogen (secondary N) is 1. The van der Waals surface area contributed by atoms with Crippen molar-refractivity contribution in [1.82, 2.24) is 15.1 Å². The van der Waals surface area contributed by atoms with Crippen molar-refractivity contribution in [1.29, 1.82) is 0 Å². The number of aliphatic hydroxyl groups excluding tert-OH is 1. The van der Waals surface area contributed by atoms with Crippen molar-refractivity contribution in [2.75, 3.05) is 32.8 Å². The van der Waals surface area contributed by atoms with E-state index in [-0.39, 0.29) is 24.3 Å².